The molecule has 2 heteroatoms. The summed E-state index contributed by atoms with van der Waals surface area (Å²) in [5.41, 5.74) is 0. The van der Waals surface area contributed by atoms with E-state index in [9.17, 15) is 5.11 Å². The van der Waals surface area contributed by atoms with Crippen LogP contribution in [0.1, 0.15) is 64.7 Å². The van der Waals surface area contributed by atoms with Gasteiger partial charge in [0.15, 0.2) is 0 Å². The highest BCUT2D eigenvalue weighted by Gasteiger charge is 2.28. The topological polar surface area (TPSA) is 29.5 Å². The summed E-state index contributed by atoms with van der Waals surface area (Å²) in [6.07, 6.45) is 11.5. The van der Waals surface area contributed by atoms with Crippen LogP contribution < -0.4 is 0 Å². The van der Waals surface area contributed by atoms with Crippen LogP contribution in [0.4, 0.5) is 0 Å². The maximum absolute atomic E-state index is 9.85. The van der Waals surface area contributed by atoms with Gasteiger partial charge in [-0.2, -0.15) is 0 Å². The molecule has 1 N–H and O–H groups in total. The Bertz CT molecular complexity index is 211. The molecule has 0 aromatic carbocycles. The summed E-state index contributed by atoms with van der Waals surface area (Å²) >= 11 is 0. The van der Waals surface area contributed by atoms with Crippen LogP contribution in [-0.2, 0) is 4.74 Å². The molecule has 100 valence electrons. The molecular weight excluding hydrogens is 212 g/mol. The fourth-order valence-corrected chi connectivity index (χ4v) is 3.42. The number of rotatable bonds is 4. The summed E-state index contributed by atoms with van der Waals surface area (Å²) in [5.74, 6) is 1.29. The van der Waals surface area contributed by atoms with Gasteiger partial charge in [-0.1, -0.05) is 32.6 Å². The van der Waals surface area contributed by atoms with Crippen molar-refractivity contribution in [3.05, 3.63) is 0 Å². The molecule has 0 aromatic heterocycles. The summed E-state index contributed by atoms with van der Waals surface area (Å²) in [6, 6.07) is 0. The Kier molecular flexibility index (Phi) is 5.30. The van der Waals surface area contributed by atoms with Crippen molar-refractivity contribution in [1.82, 2.24) is 0 Å². The Morgan fingerprint density at radius 2 is 1.82 bits per heavy atom. The fraction of sp³-hybridized carbons (Fsp3) is 1.00. The van der Waals surface area contributed by atoms with Crippen LogP contribution in [0.3, 0.4) is 0 Å². The molecule has 2 aliphatic carbocycles. The SMILES string of the molecule is CCC1CC(OCC2CCCCC2)CCC1O. The van der Waals surface area contributed by atoms with Gasteiger partial charge in [-0.25, -0.2) is 0 Å². The number of aliphatic hydroxyl groups is 1. The second-order valence-electron chi connectivity index (χ2n) is 6.01. The average molecular weight is 240 g/mol. The smallest absolute Gasteiger partial charge is 0.0579 e. The van der Waals surface area contributed by atoms with E-state index in [1.165, 1.54) is 32.1 Å². The van der Waals surface area contributed by atoms with E-state index in [2.05, 4.69) is 6.92 Å². The zero-order valence-corrected chi connectivity index (χ0v) is 11.2. The van der Waals surface area contributed by atoms with Crippen molar-refractivity contribution in [2.45, 2.75) is 76.9 Å². The number of ether oxygens (including phenoxy) is 1. The van der Waals surface area contributed by atoms with Crippen LogP contribution in [-0.4, -0.2) is 23.9 Å². The third-order valence-corrected chi connectivity index (χ3v) is 4.71. The number of aliphatic hydroxyl groups excluding tert-OH is 1. The summed E-state index contributed by atoms with van der Waals surface area (Å²) < 4.78 is 6.09. The molecule has 2 fully saturated rings. The third-order valence-electron chi connectivity index (χ3n) is 4.71. The molecule has 0 radical (unpaired) electrons. The highest BCUT2D eigenvalue weighted by molar-refractivity contribution is 4.80. The van der Waals surface area contributed by atoms with Gasteiger partial charge >= 0.3 is 0 Å². The van der Waals surface area contributed by atoms with Gasteiger partial charge < -0.3 is 9.84 Å². The lowest BCUT2D eigenvalue weighted by molar-refractivity contribution is -0.0476. The van der Waals surface area contributed by atoms with Gasteiger partial charge in [0.05, 0.1) is 12.2 Å². The molecule has 0 aromatic rings. The molecule has 0 amide bonds. The van der Waals surface area contributed by atoms with E-state index in [1.54, 1.807) is 0 Å². The highest BCUT2D eigenvalue weighted by Crippen LogP contribution is 2.30. The van der Waals surface area contributed by atoms with Crippen LogP contribution in [0.2, 0.25) is 0 Å². The quantitative estimate of drug-likeness (QED) is 0.814. The largest absolute Gasteiger partial charge is 0.393 e. The zero-order chi connectivity index (χ0) is 12.1. The second kappa shape index (κ2) is 6.75. The Hall–Kier alpha value is -0.0800. The lowest BCUT2D eigenvalue weighted by Gasteiger charge is -2.34. The number of hydrogen-bond donors (Lipinski definition) is 1. The van der Waals surface area contributed by atoms with Crippen molar-refractivity contribution in [2.75, 3.05) is 6.61 Å². The van der Waals surface area contributed by atoms with E-state index >= 15 is 0 Å². The minimum absolute atomic E-state index is 0.0745. The summed E-state index contributed by atoms with van der Waals surface area (Å²) in [4.78, 5) is 0. The first-order valence-corrected chi connectivity index (χ1v) is 7.59. The second-order valence-corrected chi connectivity index (χ2v) is 6.01. The van der Waals surface area contributed by atoms with Crippen LogP contribution >= 0.6 is 0 Å². The van der Waals surface area contributed by atoms with Gasteiger partial charge in [-0.15, -0.1) is 0 Å². The Labute approximate surface area is 106 Å². The van der Waals surface area contributed by atoms with Gasteiger partial charge in [0, 0.05) is 6.61 Å². The molecular formula is C15H28O2. The molecule has 0 heterocycles. The molecule has 2 saturated carbocycles. The van der Waals surface area contributed by atoms with Crippen molar-refractivity contribution >= 4 is 0 Å². The zero-order valence-electron chi connectivity index (χ0n) is 11.2. The predicted octanol–water partition coefficient (Wildman–Crippen LogP) is 3.52. The number of hydrogen-bond acceptors (Lipinski definition) is 2. The van der Waals surface area contributed by atoms with E-state index in [0.29, 0.717) is 12.0 Å². The van der Waals surface area contributed by atoms with Crippen molar-refractivity contribution < 1.29 is 9.84 Å². The minimum Gasteiger partial charge on any atom is -0.393 e. The van der Waals surface area contributed by atoms with Crippen LogP contribution in [0.15, 0.2) is 0 Å². The maximum Gasteiger partial charge on any atom is 0.0579 e. The lowest BCUT2D eigenvalue weighted by Crippen LogP contribution is -2.33. The van der Waals surface area contributed by atoms with Crippen LogP contribution in [0.5, 0.6) is 0 Å². The normalized spacial score (nSPS) is 36.0. The van der Waals surface area contributed by atoms with E-state index in [1.807, 2.05) is 0 Å². The van der Waals surface area contributed by atoms with E-state index < -0.39 is 0 Å². The van der Waals surface area contributed by atoms with Crippen molar-refractivity contribution in [3.63, 3.8) is 0 Å². The first-order valence-electron chi connectivity index (χ1n) is 7.59. The molecule has 3 unspecified atom stereocenters. The summed E-state index contributed by atoms with van der Waals surface area (Å²) in [5, 5.41) is 9.85. The van der Waals surface area contributed by atoms with Gasteiger partial charge in [0.25, 0.3) is 0 Å². The molecule has 2 nitrogen and oxygen atoms in total. The van der Waals surface area contributed by atoms with Crippen LogP contribution in [0, 0.1) is 11.8 Å². The molecule has 3 atom stereocenters. The minimum atomic E-state index is -0.0745. The van der Waals surface area contributed by atoms with Crippen molar-refractivity contribution in [2.24, 2.45) is 11.8 Å². The Morgan fingerprint density at radius 1 is 1.06 bits per heavy atom. The van der Waals surface area contributed by atoms with E-state index in [-0.39, 0.29) is 6.10 Å². The van der Waals surface area contributed by atoms with Gasteiger partial charge in [-0.05, 0) is 43.9 Å². The molecule has 0 spiro atoms. The standard InChI is InChI=1S/C15H28O2/c1-2-13-10-14(8-9-15(13)16)17-11-12-6-4-3-5-7-12/h12-16H,2-11H2,1H3. The van der Waals surface area contributed by atoms with E-state index in [0.717, 1.165) is 38.2 Å². The fourth-order valence-electron chi connectivity index (χ4n) is 3.42. The molecule has 0 bridgehead atoms. The van der Waals surface area contributed by atoms with Crippen LogP contribution in [0.25, 0.3) is 0 Å². The predicted molar refractivity (Wildman–Crippen MR) is 70.0 cm³/mol. The molecule has 2 rings (SSSR count). The van der Waals surface area contributed by atoms with Crippen molar-refractivity contribution in [3.8, 4) is 0 Å². The maximum atomic E-state index is 9.85. The van der Waals surface area contributed by atoms with Gasteiger partial charge in [-0.3, -0.25) is 0 Å². The first kappa shape index (κ1) is 13.4. The summed E-state index contributed by atoms with van der Waals surface area (Å²) in [6.45, 7) is 3.15. The Balaban J connectivity index is 1.68. The van der Waals surface area contributed by atoms with E-state index in [4.69, 9.17) is 4.74 Å². The molecule has 2 aliphatic rings. The van der Waals surface area contributed by atoms with Gasteiger partial charge in [0.1, 0.15) is 0 Å². The van der Waals surface area contributed by atoms with Crippen molar-refractivity contribution in [1.29, 1.82) is 0 Å². The molecule has 0 aliphatic heterocycles. The highest BCUT2D eigenvalue weighted by atomic mass is 16.5. The third kappa shape index (κ3) is 3.96. The lowest BCUT2D eigenvalue weighted by atomic mass is 9.83. The van der Waals surface area contributed by atoms with Gasteiger partial charge in [0.2, 0.25) is 0 Å². The summed E-state index contributed by atoms with van der Waals surface area (Å²) in [7, 11) is 0. The molecule has 0 saturated heterocycles. The average Bonchev–Trinajstić information content (AvgIpc) is 2.39. The molecule has 17 heavy (non-hydrogen) atoms. The Morgan fingerprint density at radius 3 is 2.53 bits per heavy atom. The first-order chi connectivity index (χ1) is 8.29. The monoisotopic (exact) mass is 240 g/mol.